The molecule has 2 N–H and O–H groups in total. The highest BCUT2D eigenvalue weighted by Crippen LogP contribution is 2.41. The number of aromatic nitrogens is 3. The maximum absolute atomic E-state index is 10.5. The van der Waals surface area contributed by atoms with E-state index >= 15 is 0 Å². The molecule has 2 unspecified atom stereocenters. The van der Waals surface area contributed by atoms with E-state index < -0.39 is 0 Å². The Hall–Kier alpha value is -2.09. The Bertz CT molecular complexity index is 1090. The van der Waals surface area contributed by atoms with Crippen molar-refractivity contribution < 1.29 is 5.11 Å². The zero-order valence-electron chi connectivity index (χ0n) is 18.5. The summed E-state index contributed by atoms with van der Waals surface area (Å²) in [6, 6.07) is 4.74. The Morgan fingerprint density at radius 3 is 2.72 bits per heavy atom. The fraction of sp³-hybridized carbons (Fsp3) is 0.560. The van der Waals surface area contributed by atoms with Crippen LogP contribution in [0.4, 0.5) is 5.82 Å². The van der Waals surface area contributed by atoms with Crippen molar-refractivity contribution in [3.63, 3.8) is 0 Å². The molecule has 4 heterocycles. The molecule has 0 radical (unpaired) electrons. The Labute approximate surface area is 193 Å². The first-order valence-electron chi connectivity index (χ1n) is 12.2. The molecule has 3 aromatic heterocycles. The average Bonchev–Trinajstić information content (AvgIpc) is 3.42. The molecule has 3 aromatic rings. The lowest BCUT2D eigenvalue weighted by molar-refractivity contribution is 0.00993. The highest BCUT2D eigenvalue weighted by Gasteiger charge is 2.32. The van der Waals surface area contributed by atoms with Gasteiger partial charge in [0.2, 0.25) is 0 Å². The number of aryl methyl sites for hydroxylation is 2. The number of rotatable bonds is 4. The quantitative estimate of drug-likeness (QED) is 0.614. The van der Waals surface area contributed by atoms with E-state index in [-0.39, 0.29) is 6.10 Å². The van der Waals surface area contributed by atoms with Crippen molar-refractivity contribution in [2.24, 2.45) is 0 Å². The summed E-state index contributed by atoms with van der Waals surface area (Å²) in [5.74, 6) is 1.76. The summed E-state index contributed by atoms with van der Waals surface area (Å²) >= 11 is 1.84. The summed E-state index contributed by atoms with van der Waals surface area (Å²) in [6.07, 6.45) is 13.7. The predicted octanol–water partition coefficient (Wildman–Crippen LogP) is 4.42. The average molecular weight is 450 g/mol. The summed E-state index contributed by atoms with van der Waals surface area (Å²) in [6.45, 7) is 2.09. The minimum Gasteiger partial charge on any atom is -0.391 e. The molecule has 2 fully saturated rings. The van der Waals surface area contributed by atoms with Crippen LogP contribution in [0, 0.1) is 0 Å². The first-order chi connectivity index (χ1) is 15.8. The molecule has 6 nitrogen and oxygen atoms in total. The second kappa shape index (κ2) is 8.69. The van der Waals surface area contributed by atoms with E-state index in [1.165, 1.54) is 41.5 Å². The van der Waals surface area contributed by atoms with Crippen molar-refractivity contribution in [2.75, 3.05) is 18.4 Å². The van der Waals surface area contributed by atoms with E-state index in [0.717, 1.165) is 67.2 Å². The number of nitrogens with zero attached hydrogens (tertiary/aromatic N) is 4. The maximum atomic E-state index is 10.5. The van der Waals surface area contributed by atoms with E-state index in [9.17, 15) is 5.11 Å². The van der Waals surface area contributed by atoms with Gasteiger partial charge in [-0.3, -0.25) is 9.88 Å². The SMILES string of the molecule is OC1CCCCC1N1CCC(Nc2nc(-c3cccnc3)nc3sc4c(c23)CCC4)CC1. The summed E-state index contributed by atoms with van der Waals surface area (Å²) in [4.78, 5) is 19.4. The molecule has 2 atom stereocenters. The third-order valence-corrected chi connectivity index (χ3v) is 8.70. The van der Waals surface area contributed by atoms with Gasteiger partial charge in [0.05, 0.1) is 11.5 Å². The van der Waals surface area contributed by atoms with Gasteiger partial charge in [0.15, 0.2) is 5.82 Å². The fourth-order valence-electron chi connectivity index (χ4n) is 5.81. The van der Waals surface area contributed by atoms with Crippen LogP contribution in [-0.4, -0.2) is 56.2 Å². The van der Waals surface area contributed by atoms with Gasteiger partial charge < -0.3 is 10.4 Å². The lowest BCUT2D eigenvalue weighted by atomic mass is 9.89. The standard InChI is InChI=1S/C25H31N5OS/c31-20-8-2-1-7-19(20)30-13-10-17(11-14-30)27-24-22-18-6-3-9-21(18)32-25(22)29-23(28-24)16-5-4-12-26-15-16/h4-5,12,15,17,19-20,31H,1-3,6-11,13-14H2,(H,27,28,29). The van der Waals surface area contributed by atoms with Crippen LogP contribution < -0.4 is 5.32 Å². The smallest absolute Gasteiger partial charge is 0.164 e. The molecule has 0 spiro atoms. The molecule has 2 aliphatic carbocycles. The predicted molar refractivity (Wildman–Crippen MR) is 129 cm³/mol. The Morgan fingerprint density at radius 1 is 1.03 bits per heavy atom. The lowest BCUT2D eigenvalue weighted by Crippen LogP contribution is -2.50. The number of aliphatic hydroxyl groups excluding tert-OH is 1. The normalized spacial score (nSPS) is 24.7. The topological polar surface area (TPSA) is 74.2 Å². The van der Waals surface area contributed by atoms with Crippen molar-refractivity contribution in [3.8, 4) is 11.4 Å². The molecular weight excluding hydrogens is 418 g/mol. The van der Waals surface area contributed by atoms with Gasteiger partial charge in [-0.2, -0.15) is 0 Å². The molecule has 3 aliphatic rings. The van der Waals surface area contributed by atoms with Gasteiger partial charge in [-0.15, -0.1) is 11.3 Å². The van der Waals surface area contributed by atoms with Gasteiger partial charge in [0, 0.05) is 48.0 Å². The first-order valence-corrected chi connectivity index (χ1v) is 13.0. The molecule has 32 heavy (non-hydrogen) atoms. The van der Waals surface area contributed by atoms with Crippen molar-refractivity contribution in [2.45, 2.75) is 76.0 Å². The number of nitrogens with one attached hydrogen (secondary N) is 1. The van der Waals surface area contributed by atoms with E-state index in [1.807, 2.05) is 29.7 Å². The molecule has 1 saturated carbocycles. The third-order valence-electron chi connectivity index (χ3n) is 7.52. The van der Waals surface area contributed by atoms with Crippen LogP contribution in [-0.2, 0) is 12.8 Å². The van der Waals surface area contributed by atoms with Gasteiger partial charge >= 0.3 is 0 Å². The van der Waals surface area contributed by atoms with Gasteiger partial charge in [-0.05, 0) is 62.6 Å². The number of likely N-dealkylation sites (tertiary alicyclic amines) is 1. The van der Waals surface area contributed by atoms with Crippen LogP contribution in [0.1, 0.15) is 55.4 Å². The summed E-state index contributed by atoms with van der Waals surface area (Å²) in [5.41, 5.74) is 2.43. The van der Waals surface area contributed by atoms with Crippen LogP contribution in [0.3, 0.4) is 0 Å². The fourth-order valence-corrected chi connectivity index (χ4v) is 7.07. The molecule has 0 bridgehead atoms. The molecule has 6 rings (SSSR count). The number of hydrogen-bond acceptors (Lipinski definition) is 7. The highest BCUT2D eigenvalue weighted by atomic mass is 32.1. The van der Waals surface area contributed by atoms with E-state index in [0.29, 0.717) is 12.1 Å². The third kappa shape index (κ3) is 3.80. The number of hydrogen-bond donors (Lipinski definition) is 2. The van der Waals surface area contributed by atoms with Crippen LogP contribution >= 0.6 is 11.3 Å². The van der Waals surface area contributed by atoms with Crippen LogP contribution in [0.5, 0.6) is 0 Å². The Kier molecular flexibility index (Phi) is 5.57. The van der Waals surface area contributed by atoms with Crippen molar-refractivity contribution in [1.29, 1.82) is 0 Å². The van der Waals surface area contributed by atoms with Crippen LogP contribution in [0.25, 0.3) is 21.6 Å². The molecule has 7 heteroatoms. The zero-order valence-corrected chi connectivity index (χ0v) is 19.3. The summed E-state index contributed by atoms with van der Waals surface area (Å²) in [5, 5.41) is 15.5. The Balaban J connectivity index is 1.26. The number of anilines is 1. The maximum Gasteiger partial charge on any atom is 0.164 e. The van der Waals surface area contributed by atoms with E-state index in [1.54, 1.807) is 6.20 Å². The Morgan fingerprint density at radius 2 is 1.91 bits per heavy atom. The number of piperidine rings is 1. The molecule has 0 amide bonds. The molecule has 168 valence electrons. The van der Waals surface area contributed by atoms with Gasteiger partial charge in [-0.1, -0.05) is 12.8 Å². The molecule has 1 saturated heterocycles. The number of thiophene rings is 1. The number of aliphatic hydroxyl groups is 1. The largest absolute Gasteiger partial charge is 0.391 e. The zero-order chi connectivity index (χ0) is 21.5. The van der Waals surface area contributed by atoms with E-state index in [4.69, 9.17) is 9.97 Å². The minimum atomic E-state index is -0.148. The van der Waals surface area contributed by atoms with Crippen LogP contribution in [0.15, 0.2) is 24.5 Å². The summed E-state index contributed by atoms with van der Waals surface area (Å²) < 4.78 is 0. The lowest BCUT2D eigenvalue weighted by Gasteiger charge is -2.41. The molecular formula is C25H31N5OS. The van der Waals surface area contributed by atoms with E-state index in [2.05, 4.69) is 15.2 Å². The second-order valence-corrected chi connectivity index (χ2v) is 10.6. The number of pyridine rings is 1. The molecule has 1 aliphatic heterocycles. The monoisotopic (exact) mass is 449 g/mol. The second-order valence-electron chi connectivity index (χ2n) is 9.55. The first kappa shape index (κ1) is 20.5. The molecule has 0 aromatic carbocycles. The van der Waals surface area contributed by atoms with Crippen LogP contribution in [0.2, 0.25) is 0 Å². The highest BCUT2D eigenvalue weighted by molar-refractivity contribution is 7.19. The van der Waals surface area contributed by atoms with Crippen molar-refractivity contribution >= 4 is 27.4 Å². The van der Waals surface area contributed by atoms with Gasteiger partial charge in [0.1, 0.15) is 10.6 Å². The van der Waals surface area contributed by atoms with Gasteiger partial charge in [-0.25, -0.2) is 9.97 Å². The van der Waals surface area contributed by atoms with Gasteiger partial charge in [0.25, 0.3) is 0 Å². The van der Waals surface area contributed by atoms with Crippen molar-refractivity contribution in [3.05, 3.63) is 35.0 Å². The summed E-state index contributed by atoms with van der Waals surface area (Å²) in [7, 11) is 0. The van der Waals surface area contributed by atoms with Crippen molar-refractivity contribution in [1.82, 2.24) is 19.9 Å². The number of fused-ring (bicyclic) bond motifs is 3. The minimum absolute atomic E-state index is 0.148.